The van der Waals surface area contributed by atoms with Gasteiger partial charge in [0.1, 0.15) is 0 Å². The van der Waals surface area contributed by atoms with Gasteiger partial charge >= 0.3 is 6.18 Å². The van der Waals surface area contributed by atoms with Gasteiger partial charge in [0, 0.05) is 18.3 Å². The van der Waals surface area contributed by atoms with Crippen LogP contribution in [0, 0.1) is 5.92 Å². The summed E-state index contributed by atoms with van der Waals surface area (Å²) < 4.78 is 39.7. The van der Waals surface area contributed by atoms with Crippen LogP contribution in [-0.2, 0) is 12.6 Å². The zero-order chi connectivity index (χ0) is 15.0. The first-order chi connectivity index (χ1) is 9.99. The molecule has 0 heterocycles. The van der Waals surface area contributed by atoms with E-state index in [0.29, 0.717) is 17.5 Å². The van der Waals surface area contributed by atoms with E-state index in [1.165, 1.54) is 18.9 Å². The standard InChI is InChI=1S/C16H21F3N2/c17-16(18,19)15-9-14(4-3-12(15)7-8-20)21(13-5-6-13)10-11-1-2-11/h3-4,9,11,13H,1-2,5-8,10,20H2. The summed E-state index contributed by atoms with van der Waals surface area (Å²) in [5.41, 5.74) is 5.93. The van der Waals surface area contributed by atoms with Gasteiger partial charge in [-0.2, -0.15) is 13.2 Å². The summed E-state index contributed by atoms with van der Waals surface area (Å²) in [6, 6.07) is 5.20. The van der Waals surface area contributed by atoms with Crippen LogP contribution in [0.5, 0.6) is 0 Å². The molecule has 0 atom stereocenters. The van der Waals surface area contributed by atoms with E-state index in [-0.39, 0.29) is 13.0 Å². The van der Waals surface area contributed by atoms with Gasteiger partial charge in [-0.1, -0.05) is 6.07 Å². The second-order valence-corrected chi connectivity index (χ2v) is 6.20. The largest absolute Gasteiger partial charge is 0.416 e. The molecule has 0 spiro atoms. The average molecular weight is 298 g/mol. The van der Waals surface area contributed by atoms with Crippen molar-refractivity contribution in [1.29, 1.82) is 0 Å². The minimum absolute atomic E-state index is 0.233. The van der Waals surface area contributed by atoms with Crippen molar-refractivity contribution in [3.05, 3.63) is 29.3 Å². The highest BCUT2D eigenvalue weighted by Crippen LogP contribution is 2.40. The van der Waals surface area contributed by atoms with Gasteiger partial charge in [-0.15, -0.1) is 0 Å². The maximum atomic E-state index is 13.2. The normalized spacial score (nSPS) is 18.9. The summed E-state index contributed by atoms with van der Waals surface area (Å²) in [6.45, 7) is 1.13. The molecule has 0 aromatic heterocycles. The summed E-state index contributed by atoms with van der Waals surface area (Å²) >= 11 is 0. The molecule has 2 N–H and O–H groups in total. The number of alkyl halides is 3. The van der Waals surface area contributed by atoms with Gasteiger partial charge in [0.25, 0.3) is 0 Å². The molecular weight excluding hydrogens is 277 g/mol. The smallest absolute Gasteiger partial charge is 0.368 e. The third-order valence-corrected chi connectivity index (χ3v) is 4.28. The lowest BCUT2D eigenvalue weighted by Crippen LogP contribution is -2.28. The highest BCUT2D eigenvalue weighted by Gasteiger charge is 2.37. The van der Waals surface area contributed by atoms with Crippen molar-refractivity contribution in [1.82, 2.24) is 0 Å². The van der Waals surface area contributed by atoms with E-state index in [9.17, 15) is 13.2 Å². The first-order valence-electron chi connectivity index (χ1n) is 7.66. The monoisotopic (exact) mass is 298 g/mol. The predicted octanol–water partition coefficient (Wildman–Crippen LogP) is 3.59. The first kappa shape index (κ1) is 14.7. The van der Waals surface area contributed by atoms with Crippen molar-refractivity contribution in [2.24, 2.45) is 11.7 Å². The van der Waals surface area contributed by atoms with Crippen LogP contribution < -0.4 is 10.6 Å². The fourth-order valence-corrected chi connectivity index (χ4v) is 2.81. The SMILES string of the molecule is NCCc1ccc(N(CC2CC2)C2CC2)cc1C(F)(F)F. The number of hydrogen-bond acceptors (Lipinski definition) is 2. The number of benzene rings is 1. The molecule has 0 unspecified atom stereocenters. The Morgan fingerprint density at radius 1 is 1.14 bits per heavy atom. The molecule has 2 fully saturated rings. The molecule has 0 saturated heterocycles. The molecule has 3 rings (SSSR count). The van der Waals surface area contributed by atoms with Crippen molar-refractivity contribution in [2.45, 2.75) is 44.3 Å². The van der Waals surface area contributed by atoms with Crippen molar-refractivity contribution < 1.29 is 13.2 Å². The van der Waals surface area contributed by atoms with E-state index in [1.54, 1.807) is 6.07 Å². The Kier molecular flexibility index (Phi) is 3.86. The van der Waals surface area contributed by atoms with E-state index in [2.05, 4.69) is 4.90 Å². The molecule has 0 aliphatic heterocycles. The Balaban J connectivity index is 1.90. The summed E-state index contributed by atoms with van der Waals surface area (Å²) in [5.74, 6) is 0.670. The molecule has 1 aromatic carbocycles. The quantitative estimate of drug-likeness (QED) is 0.869. The van der Waals surface area contributed by atoms with Gasteiger partial charge in [-0.05, 0) is 62.3 Å². The average Bonchev–Trinajstić information content (AvgIpc) is 3.29. The van der Waals surface area contributed by atoms with Crippen LogP contribution >= 0.6 is 0 Å². The van der Waals surface area contributed by atoms with Crippen LogP contribution in [-0.4, -0.2) is 19.1 Å². The molecule has 0 amide bonds. The molecule has 0 radical (unpaired) electrons. The van der Waals surface area contributed by atoms with Gasteiger partial charge < -0.3 is 10.6 Å². The van der Waals surface area contributed by atoms with Crippen molar-refractivity contribution >= 4 is 5.69 Å². The number of halogens is 3. The summed E-state index contributed by atoms with van der Waals surface area (Å²) in [6.07, 6.45) is 0.564. The fraction of sp³-hybridized carbons (Fsp3) is 0.625. The highest BCUT2D eigenvalue weighted by molar-refractivity contribution is 5.54. The molecule has 21 heavy (non-hydrogen) atoms. The molecule has 5 heteroatoms. The van der Waals surface area contributed by atoms with E-state index < -0.39 is 11.7 Å². The number of nitrogens with two attached hydrogens (primary N) is 1. The van der Waals surface area contributed by atoms with Crippen LogP contribution in [0.1, 0.15) is 36.8 Å². The Morgan fingerprint density at radius 2 is 1.86 bits per heavy atom. The van der Waals surface area contributed by atoms with E-state index in [1.807, 2.05) is 6.07 Å². The lowest BCUT2D eigenvalue weighted by atomic mass is 10.0. The zero-order valence-electron chi connectivity index (χ0n) is 12.0. The maximum Gasteiger partial charge on any atom is 0.416 e. The Hall–Kier alpha value is -1.23. The Morgan fingerprint density at radius 3 is 2.38 bits per heavy atom. The number of anilines is 1. The predicted molar refractivity (Wildman–Crippen MR) is 77.3 cm³/mol. The third kappa shape index (κ3) is 3.51. The first-order valence-corrected chi connectivity index (χ1v) is 7.66. The summed E-state index contributed by atoms with van der Waals surface area (Å²) in [4.78, 5) is 2.18. The van der Waals surface area contributed by atoms with Crippen molar-refractivity contribution in [3.63, 3.8) is 0 Å². The third-order valence-electron chi connectivity index (χ3n) is 4.28. The van der Waals surface area contributed by atoms with Gasteiger partial charge in [0.05, 0.1) is 5.56 Å². The molecular formula is C16H21F3N2. The van der Waals surface area contributed by atoms with Crippen LogP contribution in [0.15, 0.2) is 18.2 Å². The van der Waals surface area contributed by atoms with E-state index in [0.717, 1.165) is 25.1 Å². The van der Waals surface area contributed by atoms with Crippen molar-refractivity contribution in [3.8, 4) is 0 Å². The molecule has 1 aromatic rings. The number of hydrogen-bond donors (Lipinski definition) is 1. The number of nitrogens with zero attached hydrogens (tertiary/aromatic N) is 1. The minimum Gasteiger partial charge on any atom is -0.368 e. The van der Waals surface area contributed by atoms with E-state index in [4.69, 9.17) is 5.73 Å². The van der Waals surface area contributed by atoms with Crippen LogP contribution in [0.4, 0.5) is 18.9 Å². The van der Waals surface area contributed by atoms with E-state index >= 15 is 0 Å². The maximum absolute atomic E-state index is 13.2. The Bertz CT molecular complexity index is 505. The summed E-state index contributed by atoms with van der Waals surface area (Å²) in [7, 11) is 0. The molecule has 0 bridgehead atoms. The molecule has 2 aliphatic carbocycles. The van der Waals surface area contributed by atoms with Crippen LogP contribution in [0.2, 0.25) is 0 Å². The van der Waals surface area contributed by atoms with Gasteiger partial charge in [-0.3, -0.25) is 0 Å². The van der Waals surface area contributed by atoms with Gasteiger partial charge in [-0.25, -0.2) is 0 Å². The van der Waals surface area contributed by atoms with Crippen molar-refractivity contribution in [2.75, 3.05) is 18.0 Å². The van der Waals surface area contributed by atoms with Gasteiger partial charge in [0.15, 0.2) is 0 Å². The molecule has 2 saturated carbocycles. The minimum atomic E-state index is -4.31. The highest BCUT2D eigenvalue weighted by atomic mass is 19.4. The lowest BCUT2D eigenvalue weighted by Gasteiger charge is -2.26. The van der Waals surface area contributed by atoms with Crippen LogP contribution in [0.3, 0.4) is 0 Å². The van der Waals surface area contributed by atoms with Gasteiger partial charge in [0.2, 0.25) is 0 Å². The number of rotatable bonds is 6. The van der Waals surface area contributed by atoms with Crippen LogP contribution in [0.25, 0.3) is 0 Å². The molecule has 116 valence electrons. The molecule has 2 nitrogen and oxygen atoms in total. The zero-order valence-corrected chi connectivity index (χ0v) is 12.0. The second-order valence-electron chi connectivity index (χ2n) is 6.20. The summed E-state index contributed by atoms with van der Waals surface area (Å²) in [5, 5.41) is 0. The lowest BCUT2D eigenvalue weighted by molar-refractivity contribution is -0.138. The second kappa shape index (κ2) is 5.52. The Labute approximate surface area is 123 Å². The fourth-order valence-electron chi connectivity index (χ4n) is 2.81. The topological polar surface area (TPSA) is 29.3 Å². The molecule has 2 aliphatic rings.